The smallest absolute Gasteiger partial charge is 0.231 e. The summed E-state index contributed by atoms with van der Waals surface area (Å²) in [6.45, 7) is 7.96. The van der Waals surface area contributed by atoms with Gasteiger partial charge in [0.15, 0.2) is 5.84 Å². The molecule has 5 heteroatoms. The van der Waals surface area contributed by atoms with Crippen LogP contribution in [0, 0.1) is 11.8 Å². The van der Waals surface area contributed by atoms with Crippen LogP contribution < -0.4 is 11.1 Å². The van der Waals surface area contributed by atoms with E-state index >= 15 is 0 Å². The molecule has 0 saturated carbocycles. The lowest BCUT2D eigenvalue weighted by molar-refractivity contribution is -0.124. The van der Waals surface area contributed by atoms with Crippen molar-refractivity contribution in [3.8, 4) is 0 Å². The Labute approximate surface area is 97.1 Å². The van der Waals surface area contributed by atoms with Gasteiger partial charge in [-0.05, 0) is 19.3 Å². The molecule has 1 amide bonds. The van der Waals surface area contributed by atoms with E-state index in [9.17, 15) is 4.79 Å². The Bertz CT molecular complexity index is 252. The normalized spacial score (nSPS) is 15.9. The van der Waals surface area contributed by atoms with E-state index in [2.05, 4.69) is 10.5 Å². The molecule has 0 heterocycles. The summed E-state index contributed by atoms with van der Waals surface area (Å²) in [6, 6.07) is 0.0818. The van der Waals surface area contributed by atoms with E-state index in [1.54, 1.807) is 0 Å². The SMILES string of the molecule is CCCC(C(=O)NC(C)C(C)C)C(N)=NO. The second kappa shape index (κ2) is 7.09. The lowest BCUT2D eigenvalue weighted by Crippen LogP contribution is -2.44. The van der Waals surface area contributed by atoms with Gasteiger partial charge in [-0.2, -0.15) is 0 Å². The van der Waals surface area contributed by atoms with Crippen LogP contribution in [0.15, 0.2) is 5.16 Å². The molecule has 0 rings (SSSR count). The predicted molar refractivity (Wildman–Crippen MR) is 64.2 cm³/mol. The molecule has 0 spiro atoms. The summed E-state index contributed by atoms with van der Waals surface area (Å²) < 4.78 is 0. The van der Waals surface area contributed by atoms with Gasteiger partial charge in [0.1, 0.15) is 0 Å². The lowest BCUT2D eigenvalue weighted by atomic mass is 9.99. The number of nitrogens with zero attached hydrogens (tertiary/aromatic N) is 1. The first kappa shape index (κ1) is 14.7. The summed E-state index contributed by atoms with van der Waals surface area (Å²) in [5.74, 6) is -0.358. The second-order valence-electron chi connectivity index (χ2n) is 4.41. The third kappa shape index (κ3) is 4.51. The zero-order valence-electron chi connectivity index (χ0n) is 10.5. The molecular formula is C11H23N3O2. The molecule has 0 aromatic heterocycles. The van der Waals surface area contributed by atoms with Crippen LogP contribution in [0.3, 0.4) is 0 Å². The van der Waals surface area contributed by atoms with Crippen LogP contribution in [0.1, 0.15) is 40.5 Å². The van der Waals surface area contributed by atoms with Crippen molar-refractivity contribution in [1.82, 2.24) is 5.32 Å². The van der Waals surface area contributed by atoms with Crippen molar-refractivity contribution in [3.05, 3.63) is 0 Å². The maximum absolute atomic E-state index is 11.9. The Balaban J connectivity index is 4.51. The van der Waals surface area contributed by atoms with Crippen LogP contribution >= 0.6 is 0 Å². The van der Waals surface area contributed by atoms with Gasteiger partial charge in [-0.25, -0.2) is 0 Å². The molecule has 16 heavy (non-hydrogen) atoms. The van der Waals surface area contributed by atoms with Crippen molar-refractivity contribution in [2.75, 3.05) is 0 Å². The fourth-order valence-corrected chi connectivity index (χ4v) is 1.26. The van der Waals surface area contributed by atoms with E-state index in [0.717, 1.165) is 6.42 Å². The number of amidine groups is 1. The molecule has 5 nitrogen and oxygen atoms in total. The summed E-state index contributed by atoms with van der Waals surface area (Å²) in [6.07, 6.45) is 1.40. The maximum Gasteiger partial charge on any atom is 0.231 e. The van der Waals surface area contributed by atoms with Crippen LogP contribution in [0.2, 0.25) is 0 Å². The number of carbonyl (C=O) groups excluding carboxylic acids is 1. The third-order valence-corrected chi connectivity index (χ3v) is 2.74. The number of nitrogens with two attached hydrogens (primary N) is 1. The van der Waals surface area contributed by atoms with Gasteiger partial charge in [0.2, 0.25) is 5.91 Å². The number of rotatable bonds is 6. The molecule has 0 aliphatic heterocycles. The summed E-state index contributed by atoms with van der Waals surface area (Å²) in [4.78, 5) is 11.9. The molecule has 2 atom stereocenters. The fraction of sp³-hybridized carbons (Fsp3) is 0.818. The molecule has 4 N–H and O–H groups in total. The first-order chi connectivity index (χ1) is 7.43. The molecule has 0 aliphatic carbocycles. The molecule has 2 unspecified atom stereocenters. The van der Waals surface area contributed by atoms with Gasteiger partial charge < -0.3 is 16.3 Å². The number of carbonyl (C=O) groups is 1. The summed E-state index contributed by atoms with van der Waals surface area (Å²) in [5, 5.41) is 14.4. The van der Waals surface area contributed by atoms with Gasteiger partial charge >= 0.3 is 0 Å². The molecule has 0 radical (unpaired) electrons. The van der Waals surface area contributed by atoms with Crippen LogP contribution in [0.4, 0.5) is 0 Å². The first-order valence-corrected chi connectivity index (χ1v) is 5.71. The van der Waals surface area contributed by atoms with Gasteiger partial charge in [-0.15, -0.1) is 0 Å². The molecule has 0 aromatic carbocycles. The predicted octanol–water partition coefficient (Wildman–Crippen LogP) is 1.31. The monoisotopic (exact) mass is 229 g/mol. The highest BCUT2D eigenvalue weighted by Crippen LogP contribution is 2.09. The van der Waals surface area contributed by atoms with Crippen LogP contribution in [0.25, 0.3) is 0 Å². The zero-order chi connectivity index (χ0) is 12.7. The van der Waals surface area contributed by atoms with E-state index in [1.165, 1.54) is 0 Å². The van der Waals surface area contributed by atoms with Gasteiger partial charge in [0.25, 0.3) is 0 Å². The lowest BCUT2D eigenvalue weighted by Gasteiger charge is -2.21. The number of nitrogens with one attached hydrogen (secondary N) is 1. The molecule has 0 bridgehead atoms. The second-order valence-corrected chi connectivity index (χ2v) is 4.41. The highest BCUT2D eigenvalue weighted by molar-refractivity contribution is 6.02. The Kier molecular flexibility index (Phi) is 6.53. The third-order valence-electron chi connectivity index (χ3n) is 2.74. The van der Waals surface area contributed by atoms with Gasteiger partial charge in [-0.3, -0.25) is 4.79 Å². The Morgan fingerprint density at radius 2 is 2.00 bits per heavy atom. The standard InChI is InChI=1S/C11H23N3O2/c1-5-6-9(10(12)14-16)11(15)13-8(4)7(2)3/h7-9,16H,5-6H2,1-4H3,(H2,12,14)(H,13,15). The van der Waals surface area contributed by atoms with Crippen LogP contribution in [-0.4, -0.2) is 23.0 Å². The number of hydrogen-bond acceptors (Lipinski definition) is 3. The molecule has 0 saturated heterocycles. The van der Waals surface area contributed by atoms with E-state index < -0.39 is 5.92 Å². The van der Waals surface area contributed by atoms with Crippen molar-refractivity contribution in [2.24, 2.45) is 22.7 Å². The van der Waals surface area contributed by atoms with Crippen molar-refractivity contribution in [3.63, 3.8) is 0 Å². The van der Waals surface area contributed by atoms with Crippen molar-refractivity contribution in [1.29, 1.82) is 0 Å². The summed E-state index contributed by atoms with van der Waals surface area (Å²) in [7, 11) is 0. The quantitative estimate of drug-likeness (QED) is 0.278. The van der Waals surface area contributed by atoms with Crippen molar-refractivity contribution >= 4 is 11.7 Å². The minimum Gasteiger partial charge on any atom is -0.409 e. The molecule has 0 fully saturated rings. The van der Waals surface area contributed by atoms with E-state index in [4.69, 9.17) is 10.9 Å². The highest BCUT2D eigenvalue weighted by atomic mass is 16.4. The van der Waals surface area contributed by atoms with Crippen molar-refractivity contribution < 1.29 is 10.0 Å². The van der Waals surface area contributed by atoms with Gasteiger partial charge in [-0.1, -0.05) is 32.3 Å². The largest absolute Gasteiger partial charge is 0.409 e. The van der Waals surface area contributed by atoms with Crippen molar-refractivity contribution in [2.45, 2.75) is 46.6 Å². The zero-order valence-corrected chi connectivity index (χ0v) is 10.5. The number of oxime groups is 1. The fourth-order valence-electron chi connectivity index (χ4n) is 1.26. The summed E-state index contributed by atoms with van der Waals surface area (Å²) >= 11 is 0. The topological polar surface area (TPSA) is 87.7 Å². The molecule has 94 valence electrons. The first-order valence-electron chi connectivity index (χ1n) is 5.71. The average molecular weight is 229 g/mol. The minimum atomic E-state index is -0.531. The van der Waals surface area contributed by atoms with Gasteiger partial charge in [0, 0.05) is 6.04 Å². The van der Waals surface area contributed by atoms with Crippen LogP contribution in [0.5, 0.6) is 0 Å². The van der Waals surface area contributed by atoms with Gasteiger partial charge in [0.05, 0.1) is 5.92 Å². The average Bonchev–Trinajstić information content (AvgIpc) is 2.24. The highest BCUT2D eigenvalue weighted by Gasteiger charge is 2.24. The van der Waals surface area contributed by atoms with E-state index in [-0.39, 0.29) is 17.8 Å². The minimum absolute atomic E-state index is 0.0182. The molecular weight excluding hydrogens is 206 g/mol. The van der Waals surface area contributed by atoms with E-state index in [1.807, 2.05) is 27.7 Å². The number of amides is 1. The number of hydrogen-bond donors (Lipinski definition) is 3. The van der Waals surface area contributed by atoms with E-state index in [0.29, 0.717) is 12.3 Å². The Morgan fingerprint density at radius 3 is 2.38 bits per heavy atom. The molecule has 0 aliphatic rings. The van der Waals surface area contributed by atoms with Crippen LogP contribution in [-0.2, 0) is 4.79 Å². The summed E-state index contributed by atoms with van der Waals surface area (Å²) in [5.41, 5.74) is 5.50. The molecule has 0 aromatic rings. The Hall–Kier alpha value is -1.26. The maximum atomic E-state index is 11.9. The Morgan fingerprint density at radius 1 is 1.44 bits per heavy atom.